The Morgan fingerprint density at radius 3 is 1.23 bits per heavy atom. The van der Waals surface area contributed by atoms with Crippen molar-refractivity contribution in [3.8, 4) is 0 Å². The maximum atomic E-state index is 13.6. The van der Waals surface area contributed by atoms with E-state index in [1.54, 1.807) is 6.08 Å². The highest BCUT2D eigenvalue weighted by Crippen LogP contribution is 2.39. The molecule has 6 aliphatic rings. The van der Waals surface area contributed by atoms with Crippen molar-refractivity contribution in [2.45, 2.75) is 429 Å². The van der Waals surface area contributed by atoms with Crippen molar-refractivity contribution in [1.82, 2.24) is 10.6 Å². The molecule has 6 rings (SSSR count). The summed E-state index contributed by atoms with van der Waals surface area (Å²) in [6.07, 6.45) is -13.1. The highest BCUT2D eigenvalue weighted by molar-refractivity contribution is 5.76. The van der Waals surface area contributed by atoms with Gasteiger partial charge in [-0.3, -0.25) is 9.59 Å². The molecule has 0 saturated carbocycles. The molecule has 114 heavy (non-hydrogen) atoms. The number of allylic oxidation sites excluding steroid dienone is 3. The molecule has 2 amide bonds. The van der Waals surface area contributed by atoms with E-state index in [4.69, 9.17) is 56.8 Å². The van der Waals surface area contributed by atoms with E-state index in [0.29, 0.717) is 12.8 Å². The van der Waals surface area contributed by atoms with Crippen LogP contribution in [0.15, 0.2) is 24.3 Å². The fourth-order valence-electron chi connectivity index (χ4n) is 15.4. The zero-order valence-corrected chi connectivity index (χ0v) is 67.4. The molecule has 34 heteroatoms. The largest absolute Gasteiger partial charge is 0.394 e. The van der Waals surface area contributed by atoms with Gasteiger partial charge < -0.3 is 159 Å². The van der Waals surface area contributed by atoms with Gasteiger partial charge in [-0.25, -0.2) is 0 Å². The highest BCUT2D eigenvalue weighted by atomic mass is 16.8. The van der Waals surface area contributed by atoms with Gasteiger partial charge in [0.1, 0.15) is 140 Å². The lowest BCUT2D eigenvalue weighted by Crippen LogP contribution is -2.70. The summed E-state index contributed by atoms with van der Waals surface area (Å²) in [5, 5.41) is 206. The van der Waals surface area contributed by atoms with Gasteiger partial charge in [-0.2, -0.15) is 0 Å². The Bertz CT molecular complexity index is 2610. The average molecular weight is 1650 g/mol. The number of hydrogen-bond acceptors (Lipinski definition) is 32. The van der Waals surface area contributed by atoms with Crippen LogP contribution >= 0.6 is 0 Å². The Labute approximate surface area is 671 Å². The van der Waals surface area contributed by atoms with E-state index in [9.17, 15) is 102 Å². The van der Waals surface area contributed by atoms with E-state index in [0.717, 1.165) is 64.7 Å². The van der Waals surface area contributed by atoms with Gasteiger partial charge in [0.15, 0.2) is 37.7 Å². The average Bonchev–Trinajstić information content (AvgIpc) is 0.760. The lowest BCUT2D eigenvalue weighted by atomic mass is 9.94. The Hall–Kier alpha value is -2.78. The number of aliphatic hydroxyl groups is 18. The van der Waals surface area contributed by atoms with Gasteiger partial charge in [-0.1, -0.05) is 192 Å². The van der Waals surface area contributed by atoms with Crippen LogP contribution in [0.3, 0.4) is 0 Å². The van der Waals surface area contributed by atoms with Crippen molar-refractivity contribution >= 4 is 11.8 Å². The van der Waals surface area contributed by atoms with Crippen molar-refractivity contribution in [3.63, 3.8) is 0 Å². The van der Waals surface area contributed by atoms with Gasteiger partial charge in [0.25, 0.3) is 0 Å². The SMILES string of the molecule is CCCCCCCC/C=C\CCCCCCCCCCCCCC(=O)N[C@@H](CO[C@@H]1OC(CO)[C@@H](O[C@@H]2OC(CO)[C@H](O)[C@H](O[C@@H]3OC(CO)[C@@H](O[C@@H]4OC(CO)[C@H](O)[C@H](O[C@H]5OC(CO)[C@H](O)[C@H](O)C5O)C4O[C@H]4OC(C)[C@@H](O)C(O)[C@@H]4O)[C@H](O)C3NC(C)=O)C2O)[C@H](O)C1O)[C@H](O)/C=C/CCCCCCCCCCCCC. The molecular formula is C80H144N2O32. The predicted molar refractivity (Wildman–Crippen MR) is 408 cm³/mol. The lowest BCUT2D eigenvalue weighted by Gasteiger charge is -2.51. The number of hydrogen-bond donors (Lipinski definition) is 20. The summed E-state index contributed by atoms with van der Waals surface area (Å²) < 4.78 is 71.6. The van der Waals surface area contributed by atoms with Crippen LogP contribution in [0.1, 0.15) is 233 Å². The second-order valence-corrected chi connectivity index (χ2v) is 31.7. The van der Waals surface area contributed by atoms with Gasteiger partial charge in [0.2, 0.25) is 11.8 Å². The Balaban J connectivity index is 1.09. The molecule has 0 bridgehead atoms. The molecule has 0 aromatic heterocycles. The second-order valence-electron chi connectivity index (χ2n) is 31.7. The molecule has 6 fully saturated rings. The third kappa shape index (κ3) is 31.3. The minimum Gasteiger partial charge on any atom is -0.394 e. The van der Waals surface area contributed by atoms with Crippen LogP contribution in [0.25, 0.3) is 0 Å². The van der Waals surface area contributed by atoms with Gasteiger partial charge in [0.05, 0.1) is 57.9 Å². The molecular weight excluding hydrogens is 1500 g/mol. The number of unbranched alkanes of at least 4 members (excludes halogenated alkanes) is 28. The summed E-state index contributed by atoms with van der Waals surface area (Å²) in [4.78, 5) is 26.6. The van der Waals surface area contributed by atoms with Gasteiger partial charge in [-0.05, 0) is 51.9 Å². The van der Waals surface area contributed by atoms with E-state index < -0.39 is 242 Å². The van der Waals surface area contributed by atoms with Crippen molar-refractivity contribution in [3.05, 3.63) is 24.3 Å². The zero-order valence-electron chi connectivity index (χ0n) is 67.4. The van der Waals surface area contributed by atoms with Crippen molar-refractivity contribution in [1.29, 1.82) is 0 Å². The molecule has 32 atom stereocenters. The van der Waals surface area contributed by atoms with E-state index in [-0.39, 0.29) is 12.3 Å². The van der Waals surface area contributed by atoms with Crippen LogP contribution in [0.5, 0.6) is 0 Å². The molecule has 6 saturated heterocycles. The smallest absolute Gasteiger partial charge is 0.220 e. The summed E-state index contributed by atoms with van der Waals surface area (Å²) in [6.45, 7) is 1.27. The third-order valence-electron chi connectivity index (χ3n) is 22.4. The number of amides is 2. The Morgan fingerprint density at radius 2 is 0.728 bits per heavy atom. The van der Waals surface area contributed by atoms with Crippen molar-refractivity contribution in [2.24, 2.45) is 0 Å². The van der Waals surface area contributed by atoms with Crippen LogP contribution in [-0.4, -0.2) is 340 Å². The number of nitrogens with one attached hydrogen (secondary N) is 2. The molecule has 34 nitrogen and oxygen atoms in total. The first-order valence-electron chi connectivity index (χ1n) is 42.5. The lowest BCUT2D eigenvalue weighted by molar-refractivity contribution is -0.405. The number of rotatable bonds is 55. The zero-order chi connectivity index (χ0) is 83.2. The van der Waals surface area contributed by atoms with Gasteiger partial charge >= 0.3 is 0 Å². The second kappa shape index (κ2) is 54.6. The van der Waals surface area contributed by atoms with Crippen LogP contribution in [0, 0.1) is 0 Å². The van der Waals surface area contributed by atoms with Crippen LogP contribution in [0.4, 0.5) is 0 Å². The summed E-state index contributed by atoms with van der Waals surface area (Å²) in [5.41, 5.74) is 0. The topological polar surface area (TPSA) is 533 Å². The minimum atomic E-state index is -2.21. The minimum absolute atomic E-state index is 0.172. The van der Waals surface area contributed by atoms with E-state index >= 15 is 0 Å². The van der Waals surface area contributed by atoms with Crippen LogP contribution in [-0.2, 0) is 66.4 Å². The Morgan fingerprint density at radius 1 is 0.360 bits per heavy atom. The van der Waals surface area contributed by atoms with Crippen molar-refractivity contribution < 1.29 is 158 Å². The molecule has 0 aromatic carbocycles. The molecule has 0 aliphatic carbocycles. The normalized spacial score (nSPS) is 36.9. The fraction of sp³-hybridized carbons (Fsp3) is 0.925. The molecule has 6 heterocycles. The molecule has 0 spiro atoms. The van der Waals surface area contributed by atoms with Gasteiger partial charge in [-0.15, -0.1) is 0 Å². The first kappa shape index (κ1) is 100. The summed E-state index contributed by atoms with van der Waals surface area (Å²) in [5.74, 6) is -1.22. The molecule has 6 aliphatic heterocycles. The first-order chi connectivity index (χ1) is 54.9. The fourth-order valence-corrected chi connectivity index (χ4v) is 15.4. The summed E-state index contributed by atoms with van der Waals surface area (Å²) in [6, 6.07) is -2.94. The summed E-state index contributed by atoms with van der Waals surface area (Å²) >= 11 is 0. The summed E-state index contributed by atoms with van der Waals surface area (Å²) in [7, 11) is 0. The molecule has 0 radical (unpaired) electrons. The molecule has 12 unspecified atom stereocenters. The maximum Gasteiger partial charge on any atom is 0.220 e. The maximum absolute atomic E-state index is 13.6. The van der Waals surface area contributed by atoms with Crippen molar-refractivity contribution in [2.75, 3.05) is 39.6 Å². The quantitative estimate of drug-likeness (QED) is 0.0292. The van der Waals surface area contributed by atoms with E-state index in [2.05, 4.69) is 36.6 Å². The molecule has 0 aromatic rings. The van der Waals surface area contributed by atoms with Crippen LogP contribution in [0.2, 0.25) is 0 Å². The first-order valence-corrected chi connectivity index (χ1v) is 42.5. The van der Waals surface area contributed by atoms with Crippen LogP contribution < -0.4 is 10.6 Å². The standard InChI is InChI=1S/C80H144N2O32/c1-5-7-9-11-13-15-17-19-20-21-22-23-24-25-26-28-30-32-34-36-38-40-56(90)82-49(50(89)39-37-35-33-31-29-27-18-16-14-12-10-8-6-2)46-103-76-68(101)65(98)71(55(45-87)109-76)110-79-69(102)72(60(93)52(42-84)106-79)112-75-57(81-48(4)88)62(95)70(54(44-86)108-75)111-80-74(114-77-66(99)63(96)58(91)47(3)104-77)73(61(94)53(43-85)107-80)113-78-67(100)64(97)59(92)51(41-83)105-78/h19-20,37,39,47,49-55,57-80,83-87,89,91-102H,5-18,21-36,38,40-46H2,1-4H3,(H,81,88)(H,82,90)/b20-19-,39-37+/t47?,49-,50+,51?,52?,53?,54?,55?,57?,58+,59-,60-,61-,62+,63?,64-,65+,66-,67?,68?,69?,70+,71+,72-,73-,74?,75-,76+,77+,78+,79-,80-/m0/s1. The van der Waals surface area contributed by atoms with E-state index in [1.807, 2.05) is 6.08 Å². The number of carbonyl (C=O) groups is 2. The molecule has 20 N–H and O–H groups in total. The number of aliphatic hydroxyl groups excluding tert-OH is 18. The Kier molecular flexibility index (Phi) is 47.9. The highest BCUT2D eigenvalue weighted by Gasteiger charge is 2.59. The monoisotopic (exact) mass is 1640 g/mol. The number of ether oxygens (including phenoxy) is 12. The van der Waals surface area contributed by atoms with Gasteiger partial charge in [0, 0.05) is 13.3 Å². The predicted octanol–water partition coefficient (Wildman–Crippen LogP) is 0.576. The van der Waals surface area contributed by atoms with E-state index in [1.165, 1.54) is 135 Å². The third-order valence-corrected chi connectivity index (χ3v) is 22.4. The number of carbonyl (C=O) groups excluding carboxylic acids is 2. The molecule has 666 valence electrons.